The zero-order valence-corrected chi connectivity index (χ0v) is 16.7. The highest BCUT2D eigenvalue weighted by Gasteiger charge is 2.14. The number of nitrogens with one attached hydrogen (secondary N) is 1. The largest absolute Gasteiger partial charge is 0.339 e. The van der Waals surface area contributed by atoms with E-state index in [0.29, 0.717) is 42.5 Å². The molecule has 3 aromatic rings. The van der Waals surface area contributed by atoms with Crippen LogP contribution in [0.1, 0.15) is 36.5 Å². The molecule has 2 amide bonds. The number of hydrogen-bond donors (Lipinski definition) is 1. The Morgan fingerprint density at radius 3 is 2.75 bits per heavy atom. The van der Waals surface area contributed by atoms with Gasteiger partial charge in [-0.25, -0.2) is 0 Å². The summed E-state index contributed by atoms with van der Waals surface area (Å²) in [5.41, 5.74) is 2.05. The van der Waals surface area contributed by atoms with Crippen molar-refractivity contribution in [1.29, 1.82) is 0 Å². The average Bonchev–Trinajstić information content (AvgIpc) is 3.39. The summed E-state index contributed by atoms with van der Waals surface area (Å²) < 4.78 is 5.20. The monoisotopic (exact) mass is 398 g/mol. The molecule has 2 heterocycles. The van der Waals surface area contributed by atoms with E-state index in [4.69, 9.17) is 4.52 Å². The van der Waals surface area contributed by atoms with Gasteiger partial charge in [-0.2, -0.15) is 16.3 Å². The average molecular weight is 398 g/mol. The number of anilines is 1. The van der Waals surface area contributed by atoms with E-state index in [1.807, 2.05) is 30.7 Å². The zero-order valence-electron chi connectivity index (χ0n) is 15.8. The van der Waals surface area contributed by atoms with Gasteiger partial charge in [-0.3, -0.25) is 9.59 Å². The molecule has 8 heteroatoms. The molecule has 0 aliphatic heterocycles. The standard InChI is InChI=1S/C20H22N4O3S/c1-3-24(4-2)20(26)14-6-5-7-16(12-14)21-17(25)8-9-18-22-19(23-27-18)15-10-11-28-13-15/h5-7,10-13H,3-4,8-9H2,1-2H3,(H,21,25). The SMILES string of the molecule is CCN(CC)C(=O)c1cccc(NC(=O)CCc2nc(-c3ccsc3)no2)c1. The molecule has 0 unspecified atom stereocenters. The molecule has 3 rings (SSSR count). The summed E-state index contributed by atoms with van der Waals surface area (Å²) in [5, 5.41) is 10.6. The molecule has 7 nitrogen and oxygen atoms in total. The second-order valence-electron chi connectivity index (χ2n) is 6.13. The molecule has 1 N–H and O–H groups in total. The van der Waals surface area contributed by atoms with Crippen molar-refractivity contribution in [1.82, 2.24) is 15.0 Å². The van der Waals surface area contributed by atoms with Gasteiger partial charge < -0.3 is 14.7 Å². The van der Waals surface area contributed by atoms with Crippen LogP contribution < -0.4 is 5.32 Å². The summed E-state index contributed by atoms with van der Waals surface area (Å²) in [4.78, 5) is 30.7. The van der Waals surface area contributed by atoms with Crippen LogP contribution in [-0.4, -0.2) is 39.9 Å². The normalized spacial score (nSPS) is 10.6. The van der Waals surface area contributed by atoms with Gasteiger partial charge in [0.1, 0.15) is 0 Å². The van der Waals surface area contributed by atoms with Crippen LogP contribution in [0, 0.1) is 0 Å². The van der Waals surface area contributed by atoms with Crippen LogP contribution in [0.15, 0.2) is 45.6 Å². The highest BCUT2D eigenvalue weighted by Crippen LogP contribution is 2.19. The third-order valence-corrected chi connectivity index (χ3v) is 4.94. The fraction of sp³-hybridized carbons (Fsp3) is 0.300. The number of rotatable bonds is 8. The van der Waals surface area contributed by atoms with Gasteiger partial charge in [0.2, 0.25) is 17.6 Å². The van der Waals surface area contributed by atoms with E-state index in [1.165, 1.54) is 0 Å². The number of aryl methyl sites for hydroxylation is 1. The smallest absolute Gasteiger partial charge is 0.253 e. The van der Waals surface area contributed by atoms with Crippen molar-refractivity contribution in [3.8, 4) is 11.4 Å². The molecule has 0 bridgehead atoms. The molecule has 28 heavy (non-hydrogen) atoms. The molecule has 2 aromatic heterocycles. The van der Waals surface area contributed by atoms with Gasteiger partial charge in [-0.05, 0) is 43.5 Å². The summed E-state index contributed by atoms with van der Waals surface area (Å²) in [7, 11) is 0. The number of benzene rings is 1. The molecule has 0 atom stereocenters. The lowest BCUT2D eigenvalue weighted by molar-refractivity contribution is -0.116. The molecule has 0 fully saturated rings. The Labute approximate surface area is 167 Å². The number of nitrogens with zero attached hydrogens (tertiary/aromatic N) is 3. The maximum absolute atomic E-state index is 12.4. The summed E-state index contributed by atoms with van der Waals surface area (Å²) in [5.74, 6) is 0.719. The Balaban J connectivity index is 1.56. The minimum absolute atomic E-state index is 0.0482. The minimum atomic E-state index is -0.178. The predicted molar refractivity (Wildman–Crippen MR) is 108 cm³/mol. The molecule has 146 valence electrons. The van der Waals surface area contributed by atoms with E-state index in [2.05, 4.69) is 15.5 Å². The van der Waals surface area contributed by atoms with Crippen molar-refractivity contribution in [3.63, 3.8) is 0 Å². The molecule has 0 radical (unpaired) electrons. The van der Waals surface area contributed by atoms with Gasteiger partial charge >= 0.3 is 0 Å². The van der Waals surface area contributed by atoms with E-state index in [-0.39, 0.29) is 18.2 Å². The van der Waals surface area contributed by atoms with Crippen LogP contribution in [0.5, 0.6) is 0 Å². The first-order chi connectivity index (χ1) is 13.6. The fourth-order valence-corrected chi connectivity index (χ4v) is 3.37. The van der Waals surface area contributed by atoms with E-state index in [1.54, 1.807) is 40.5 Å². The zero-order chi connectivity index (χ0) is 19.9. The first-order valence-electron chi connectivity index (χ1n) is 9.15. The first-order valence-corrected chi connectivity index (χ1v) is 10.1. The Morgan fingerprint density at radius 1 is 1.21 bits per heavy atom. The lowest BCUT2D eigenvalue weighted by atomic mass is 10.1. The number of carbonyl (C=O) groups is 2. The third-order valence-electron chi connectivity index (χ3n) is 4.26. The van der Waals surface area contributed by atoms with Gasteiger partial charge in [0.05, 0.1) is 0 Å². The van der Waals surface area contributed by atoms with Gasteiger partial charge in [-0.15, -0.1) is 0 Å². The van der Waals surface area contributed by atoms with Gasteiger partial charge in [0.25, 0.3) is 5.91 Å². The van der Waals surface area contributed by atoms with E-state index in [9.17, 15) is 9.59 Å². The number of aromatic nitrogens is 2. The maximum Gasteiger partial charge on any atom is 0.253 e. The Bertz CT molecular complexity index is 933. The number of thiophene rings is 1. The number of amides is 2. The van der Waals surface area contributed by atoms with Crippen LogP contribution in [0.2, 0.25) is 0 Å². The third kappa shape index (κ3) is 4.83. The Hall–Kier alpha value is -3.00. The van der Waals surface area contributed by atoms with Crippen molar-refractivity contribution < 1.29 is 14.1 Å². The van der Waals surface area contributed by atoms with Gasteiger partial charge in [-0.1, -0.05) is 11.2 Å². The second kappa shape index (κ2) is 9.27. The minimum Gasteiger partial charge on any atom is -0.339 e. The van der Waals surface area contributed by atoms with Crippen LogP contribution in [0.3, 0.4) is 0 Å². The lowest BCUT2D eigenvalue weighted by Gasteiger charge is -2.19. The van der Waals surface area contributed by atoms with E-state index < -0.39 is 0 Å². The summed E-state index contributed by atoms with van der Waals surface area (Å²) in [6.45, 7) is 5.16. The highest BCUT2D eigenvalue weighted by atomic mass is 32.1. The second-order valence-corrected chi connectivity index (χ2v) is 6.91. The summed E-state index contributed by atoms with van der Waals surface area (Å²) in [6.07, 6.45) is 0.556. The van der Waals surface area contributed by atoms with Gasteiger partial charge in [0.15, 0.2) is 0 Å². The molecular weight excluding hydrogens is 376 g/mol. The predicted octanol–water partition coefficient (Wildman–Crippen LogP) is 3.85. The number of carbonyl (C=O) groups excluding carboxylic acids is 2. The van der Waals surface area contributed by atoms with Gasteiger partial charge in [0, 0.05) is 48.1 Å². The fourth-order valence-electron chi connectivity index (χ4n) is 2.73. The van der Waals surface area contributed by atoms with Crippen LogP contribution in [-0.2, 0) is 11.2 Å². The Morgan fingerprint density at radius 2 is 2.04 bits per heavy atom. The molecular formula is C20H22N4O3S. The van der Waals surface area contributed by atoms with Crippen molar-refractivity contribution in [2.45, 2.75) is 26.7 Å². The first kappa shape index (κ1) is 19.8. The lowest BCUT2D eigenvalue weighted by Crippen LogP contribution is -2.30. The van der Waals surface area contributed by atoms with Crippen LogP contribution in [0.25, 0.3) is 11.4 Å². The molecule has 0 aliphatic carbocycles. The molecule has 0 saturated carbocycles. The van der Waals surface area contributed by atoms with Crippen molar-refractivity contribution >= 4 is 28.8 Å². The molecule has 0 aliphatic rings. The number of hydrogen-bond acceptors (Lipinski definition) is 6. The molecule has 0 saturated heterocycles. The highest BCUT2D eigenvalue weighted by molar-refractivity contribution is 7.08. The summed E-state index contributed by atoms with van der Waals surface area (Å²) >= 11 is 1.56. The molecule has 0 spiro atoms. The topological polar surface area (TPSA) is 88.3 Å². The van der Waals surface area contributed by atoms with E-state index >= 15 is 0 Å². The van der Waals surface area contributed by atoms with Crippen LogP contribution in [0.4, 0.5) is 5.69 Å². The quantitative estimate of drug-likeness (QED) is 0.623. The maximum atomic E-state index is 12.4. The van der Waals surface area contributed by atoms with Crippen molar-refractivity contribution in [2.24, 2.45) is 0 Å². The van der Waals surface area contributed by atoms with Crippen molar-refractivity contribution in [2.75, 3.05) is 18.4 Å². The van der Waals surface area contributed by atoms with E-state index in [0.717, 1.165) is 5.56 Å². The molecule has 1 aromatic carbocycles. The van der Waals surface area contributed by atoms with Crippen LogP contribution >= 0.6 is 11.3 Å². The Kier molecular flexibility index (Phi) is 6.54. The summed E-state index contributed by atoms with van der Waals surface area (Å²) in [6, 6.07) is 8.88. The van der Waals surface area contributed by atoms with Crippen molar-refractivity contribution in [3.05, 3.63) is 52.5 Å².